The number of benzene rings is 1. The third-order valence-electron chi connectivity index (χ3n) is 4.76. The first-order valence-electron chi connectivity index (χ1n) is 8.22. The van der Waals surface area contributed by atoms with Crippen molar-refractivity contribution in [2.45, 2.75) is 31.8 Å². The number of nitrogens with one attached hydrogen (secondary N) is 2. The third-order valence-corrected chi connectivity index (χ3v) is 4.76. The molecule has 1 aliphatic carbocycles. The van der Waals surface area contributed by atoms with Gasteiger partial charge in [0, 0.05) is 29.2 Å². The summed E-state index contributed by atoms with van der Waals surface area (Å²) in [6, 6.07) is 7.18. The molecule has 3 unspecified atom stereocenters. The molecule has 0 saturated carbocycles. The molecule has 1 aromatic carbocycles. The second-order valence-corrected chi connectivity index (χ2v) is 6.45. The highest BCUT2D eigenvalue weighted by atomic mass is 16.5. The van der Waals surface area contributed by atoms with E-state index in [0.717, 1.165) is 0 Å². The fourth-order valence-corrected chi connectivity index (χ4v) is 3.75. The molecule has 7 nitrogen and oxygen atoms in total. The summed E-state index contributed by atoms with van der Waals surface area (Å²) in [6.45, 7) is 3.49. The second kappa shape index (κ2) is 6.40. The highest BCUT2D eigenvalue weighted by Crippen LogP contribution is 2.46. The van der Waals surface area contributed by atoms with Crippen LogP contribution in [0.15, 0.2) is 29.1 Å². The quantitative estimate of drug-likeness (QED) is 0.725. The molecule has 1 aromatic heterocycles. The second-order valence-electron chi connectivity index (χ2n) is 6.45. The molecule has 1 aliphatic rings. The predicted molar refractivity (Wildman–Crippen MR) is 90.7 cm³/mol. The average molecular weight is 346 g/mol. The summed E-state index contributed by atoms with van der Waals surface area (Å²) in [5.74, 6) is -1.59. The number of hydrogen-bond acceptors (Lipinski definition) is 5. The summed E-state index contributed by atoms with van der Waals surface area (Å²) in [4.78, 5) is 25.1. The smallest absolute Gasteiger partial charge is 0.312 e. The molecule has 0 bridgehead atoms. The molecule has 25 heavy (non-hydrogen) atoms. The van der Waals surface area contributed by atoms with Crippen LogP contribution >= 0.6 is 0 Å². The number of hydrogen-bond donors (Lipinski definition) is 3. The van der Waals surface area contributed by atoms with E-state index in [2.05, 4.69) is 10.2 Å². The predicted octanol–water partition coefficient (Wildman–Crippen LogP) is 1.33. The zero-order chi connectivity index (χ0) is 18.2. The largest absolute Gasteiger partial charge is 0.496 e. The Morgan fingerprint density at radius 3 is 2.76 bits per heavy atom. The van der Waals surface area contributed by atoms with Gasteiger partial charge in [0.1, 0.15) is 5.75 Å². The molecule has 7 heteroatoms. The van der Waals surface area contributed by atoms with E-state index in [1.807, 2.05) is 12.1 Å². The van der Waals surface area contributed by atoms with Crippen molar-refractivity contribution in [3.8, 4) is 5.75 Å². The lowest BCUT2D eigenvalue weighted by atomic mass is 9.66. The van der Waals surface area contributed by atoms with Gasteiger partial charge in [0.25, 0.3) is 5.56 Å². The zero-order valence-corrected chi connectivity index (χ0v) is 14.5. The number of aromatic nitrogens is 2. The van der Waals surface area contributed by atoms with Gasteiger partial charge in [-0.1, -0.05) is 18.2 Å². The number of ether oxygens (including phenoxy) is 2. The summed E-state index contributed by atoms with van der Waals surface area (Å²) in [6.07, 6.45) is 0.149. The Balaban J connectivity index is 2.26. The van der Waals surface area contributed by atoms with Crippen LogP contribution in [0.3, 0.4) is 0 Å². The summed E-state index contributed by atoms with van der Waals surface area (Å²) in [5, 5.41) is 16.4. The van der Waals surface area contributed by atoms with E-state index in [0.29, 0.717) is 22.6 Å². The maximum Gasteiger partial charge on any atom is 0.312 e. The minimum Gasteiger partial charge on any atom is -0.496 e. The molecule has 0 saturated heterocycles. The molecule has 0 fully saturated rings. The van der Waals surface area contributed by atoms with Gasteiger partial charge in [0.15, 0.2) is 0 Å². The van der Waals surface area contributed by atoms with E-state index in [1.54, 1.807) is 26.0 Å². The van der Waals surface area contributed by atoms with Crippen molar-refractivity contribution < 1.29 is 19.4 Å². The Hall–Kier alpha value is -2.54. The molecule has 3 atom stereocenters. The number of carbonyl (C=O) groups is 1. The number of esters is 1. The first kappa shape index (κ1) is 17.3. The maximum absolute atomic E-state index is 12.7. The van der Waals surface area contributed by atoms with Crippen LogP contribution in [-0.2, 0) is 16.0 Å². The Bertz CT molecular complexity index is 836. The third kappa shape index (κ3) is 2.84. The molecule has 0 spiro atoms. The van der Waals surface area contributed by atoms with E-state index < -0.39 is 23.4 Å². The minimum atomic E-state index is -1.38. The molecule has 134 valence electrons. The summed E-state index contributed by atoms with van der Waals surface area (Å²) >= 11 is 0. The van der Waals surface area contributed by atoms with Gasteiger partial charge in [0.05, 0.1) is 25.2 Å². The van der Waals surface area contributed by atoms with Crippen LogP contribution in [0.25, 0.3) is 0 Å². The maximum atomic E-state index is 12.7. The van der Waals surface area contributed by atoms with Crippen molar-refractivity contribution in [1.29, 1.82) is 0 Å². The van der Waals surface area contributed by atoms with Crippen molar-refractivity contribution in [3.05, 3.63) is 51.4 Å². The van der Waals surface area contributed by atoms with E-state index in [-0.39, 0.29) is 18.6 Å². The first-order chi connectivity index (χ1) is 11.9. The van der Waals surface area contributed by atoms with Gasteiger partial charge >= 0.3 is 5.97 Å². The number of H-pyrrole nitrogens is 2. The van der Waals surface area contributed by atoms with Crippen molar-refractivity contribution in [2.75, 3.05) is 13.7 Å². The van der Waals surface area contributed by atoms with Crippen LogP contribution in [0.2, 0.25) is 0 Å². The Kier molecular flexibility index (Phi) is 4.43. The van der Waals surface area contributed by atoms with E-state index >= 15 is 0 Å². The summed E-state index contributed by atoms with van der Waals surface area (Å²) < 4.78 is 10.6. The van der Waals surface area contributed by atoms with Gasteiger partial charge in [-0.2, -0.15) is 0 Å². The lowest BCUT2D eigenvalue weighted by molar-refractivity contribution is -0.159. The molecular formula is C18H22N2O5. The van der Waals surface area contributed by atoms with Gasteiger partial charge < -0.3 is 19.7 Å². The van der Waals surface area contributed by atoms with E-state index in [1.165, 1.54) is 7.11 Å². The molecule has 1 heterocycles. The van der Waals surface area contributed by atoms with Gasteiger partial charge in [0.2, 0.25) is 0 Å². The van der Waals surface area contributed by atoms with Crippen molar-refractivity contribution in [3.63, 3.8) is 0 Å². The molecule has 0 aliphatic heterocycles. The van der Waals surface area contributed by atoms with Crippen LogP contribution in [0, 0.1) is 5.92 Å². The van der Waals surface area contributed by atoms with Crippen LogP contribution in [0.1, 0.15) is 36.6 Å². The minimum absolute atomic E-state index is 0.149. The highest BCUT2D eigenvalue weighted by Gasteiger charge is 2.51. The van der Waals surface area contributed by atoms with E-state index in [4.69, 9.17) is 9.47 Å². The van der Waals surface area contributed by atoms with Crippen molar-refractivity contribution in [1.82, 2.24) is 10.2 Å². The van der Waals surface area contributed by atoms with Gasteiger partial charge in [-0.3, -0.25) is 14.7 Å². The molecular weight excluding hydrogens is 324 g/mol. The number of aromatic amines is 2. The van der Waals surface area contributed by atoms with Gasteiger partial charge in [-0.05, 0) is 19.9 Å². The fraction of sp³-hybridized carbons (Fsp3) is 0.444. The van der Waals surface area contributed by atoms with Gasteiger partial charge in [-0.25, -0.2) is 0 Å². The fourth-order valence-electron chi connectivity index (χ4n) is 3.75. The molecule has 3 rings (SSSR count). The first-order valence-corrected chi connectivity index (χ1v) is 8.22. The topological polar surface area (TPSA) is 104 Å². The van der Waals surface area contributed by atoms with Crippen LogP contribution in [-0.4, -0.2) is 40.6 Å². The Labute approximate surface area is 145 Å². The summed E-state index contributed by atoms with van der Waals surface area (Å²) in [5.41, 5.74) is 0.00114. The lowest BCUT2D eigenvalue weighted by Gasteiger charge is -2.40. The Morgan fingerprint density at radius 1 is 1.36 bits per heavy atom. The number of aliphatic hydroxyl groups is 1. The number of rotatable bonds is 4. The van der Waals surface area contributed by atoms with Crippen LogP contribution in [0.5, 0.6) is 5.75 Å². The lowest BCUT2D eigenvalue weighted by Crippen LogP contribution is -2.50. The number of fused-ring (bicyclic) bond motifs is 1. The summed E-state index contributed by atoms with van der Waals surface area (Å²) in [7, 11) is 1.53. The van der Waals surface area contributed by atoms with Crippen LogP contribution in [0.4, 0.5) is 0 Å². The van der Waals surface area contributed by atoms with Crippen LogP contribution < -0.4 is 10.3 Å². The monoisotopic (exact) mass is 346 g/mol. The van der Waals surface area contributed by atoms with Gasteiger partial charge in [-0.15, -0.1) is 0 Å². The normalized spacial score (nSPS) is 25.3. The Morgan fingerprint density at radius 2 is 2.08 bits per heavy atom. The average Bonchev–Trinajstić information content (AvgIpc) is 2.93. The van der Waals surface area contributed by atoms with E-state index in [9.17, 15) is 14.7 Å². The highest BCUT2D eigenvalue weighted by molar-refractivity contribution is 5.77. The molecule has 3 N–H and O–H groups in total. The SMILES string of the molecule is CCOC(=O)C1C(c2ccccc2OC)c2c([nH][nH]c2=O)CC1(C)O. The standard InChI is InChI=1S/C18H22N2O5/c1-4-25-17(22)15-13(10-7-5-6-8-12(10)24-3)14-11(9-18(15,2)23)19-20-16(14)21/h5-8,13,15,23H,4,9H2,1-3H3,(H2,19,20,21). The zero-order valence-electron chi connectivity index (χ0n) is 14.5. The van der Waals surface area contributed by atoms with Crippen molar-refractivity contribution >= 4 is 5.97 Å². The number of para-hydroxylation sites is 1. The molecule has 2 aromatic rings. The number of carbonyl (C=O) groups excluding carboxylic acids is 1. The molecule has 0 amide bonds. The number of methoxy groups -OCH3 is 1. The van der Waals surface area contributed by atoms with Crippen molar-refractivity contribution in [2.24, 2.45) is 5.92 Å². The molecule has 0 radical (unpaired) electrons.